The molecule has 7 nitrogen and oxygen atoms in total. The molecule has 2 heterocycles. The van der Waals surface area contributed by atoms with Gasteiger partial charge in [-0.1, -0.05) is 18.2 Å². The molecule has 176 valence electrons. The summed E-state index contributed by atoms with van der Waals surface area (Å²) >= 11 is 0. The Hall–Kier alpha value is -4.00. The maximum atomic E-state index is 13.5. The fourth-order valence-corrected chi connectivity index (χ4v) is 3.78. The van der Waals surface area contributed by atoms with Crippen molar-refractivity contribution in [3.63, 3.8) is 0 Å². The van der Waals surface area contributed by atoms with Crippen molar-refractivity contribution in [1.82, 2.24) is 14.7 Å². The number of carbonyl (C=O) groups is 1. The summed E-state index contributed by atoms with van der Waals surface area (Å²) in [6, 6.07) is 13.9. The minimum Gasteiger partial charge on any atom is -0.494 e. The van der Waals surface area contributed by atoms with Gasteiger partial charge in [0, 0.05) is 31.3 Å². The second kappa shape index (κ2) is 9.09. The third-order valence-corrected chi connectivity index (χ3v) is 5.59. The van der Waals surface area contributed by atoms with Gasteiger partial charge in [0.15, 0.2) is 11.9 Å². The highest BCUT2D eigenvalue weighted by molar-refractivity contribution is 6.00. The molecule has 1 atom stereocenters. The number of alkyl halides is 3. The molecule has 1 aliphatic heterocycles. The van der Waals surface area contributed by atoms with E-state index in [4.69, 9.17) is 9.47 Å². The van der Waals surface area contributed by atoms with Gasteiger partial charge in [0.1, 0.15) is 17.4 Å². The number of nitrogens with zero attached hydrogens (tertiary/aromatic N) is 4. The van der Waals surface area contributed by atoms with E-state index in [2.05, 4.69) is 5.10 Å². The lowest BCUT2D eigenvalue weighted by Gasteiger charge is -2.28. The van der Waals surface area contributed by atoms with Crippen molar-refractivity contribution in [3.05, 3.63) is 71.0 Å². The summed E-state index contributed by atoms with van der Waals surface area (Å²) in [6.07, 6.45) is -4.49. The van der Waals surface area contributed by atoms with Crippen molar-refractivity contribution in [2.24, 2.45) is 0 Å². The maximum Gasteiger partial charge on any atom is 0.425 e. The molecule has 1 amide bonds. The highest BCUT2D eigenvalue weighted by atomic mass is 19.4. The summed E-state index contributed by atoms with van der Waals surface area (Å²) in [5, 5.41) is 14.0. The molecule has 0 fully saturated rings. The Labute approximate surface area is 193 Å². The van der Waals surface area contributed by atoms with Crippen LogP contribution in [0.4, 0.5) is 13.2 Å². The Balaban J connectivity index is 1.67. The minimum absolute atomic E-state index is 0.0208. The van der Waals surface area contributed by atoms with Crippen LogP contribution in [0.2, 0.25) is 0 Å². The molecule has 0 radical (unpaired) electrons. The Morgan fingerprint density at radius 3 is 2.59 bits per heavy atom. The zero-order valence-electron chi connectivity index (χ0n) is 18.5. The van der Waals surface area contributed by atoms with E-state index in [0.717, 1.165) is 23.9 Å². The number of amides is 1. The summed E-state index contributed by atoms with van der Waals surface area (Å²) < 4.78 is 51.6. The number of methoxy groups -OCH3 is 1. The first kappa shape index (κ1) is 23.2. The fraction of sp³-hybridized carbons (Fsp3) is 0.292. The van der Waals surface area contributed by atoms with Crippen molar-refractivity contribution in [2.75, 3.05) is 13.7 Å². The van der Waals surface area contributed by atoms with E-state index in [1.165, 1.54) is 24.1 Å². The Kier molecular flexibility index (Phi) is 6.20. The van der Waals surface area contributed by atoms with Crippen molar-refractivity contribution < 1.29 is 27.4 Å². The average molecular weight is 470 g/mol. The van der Waals surface area contributed by atoms with E-state index in [9.17, 15) is 23.2 Å². The molecule has 0 saturated carbocycles. The van der Waals surface area contributed by atoms with Crippen LogP contribution in [0.3, 0.4) is 0 Å². The topological polar surface area (TPSA) is 80.4 Å². The molecule has 1 unspecified atom stereocenters. The van der Waals surface area contributed by atoms with Crippen molar-refractivity contribution in [3.8, 4) is 23.3 Å². The summed E-state index contributed by atoms with van der Waals surface area (Å²) in [7, 11) is 1.25. The van der Waals surface area contributed by atoms with Gasteiger partial charge in [-0.2, -0.15) is 23.5 Å². The lowest BCUT2D eigenvalue weighted by atomic mass is 10.0. The van der Waals surface area contributed by atoms with Crippen LogP contribution in [0.15, 0.2) is 48.7 Å². The molecule has 4 rings (SSSR count). The standard InChI is InChI=1S/C24H21F3N4O3/c1-15(24(25,26)27)34-20-9-8-16(12-28)22(33-2)21(20)23(32)30-11-10-19-17(13-30)14-31(29-19)18-6-4-3-5-7-18/h3-9,14-15H,10-11,13H2,1-2H3. The largest absolute Gasteiger partial charge is 0.494 e. The van der Waals surface area contributed by atoms with Crippen LogP contribution in [-0.2, 0) is 13.0 Å². The Morgan fingerprint density at radius 1 is 1.21 bits per heavy atom. The molecular formula is C24H21F3N4O3. The van der Waals surface area contributed by atoms with Crippen molar-refractivity contribution in [2.45, 2.75) is 32.2 Å². The predicted molar refractivity (Wildman–Crippen MR) is 116 cm³/mol. The number of hydrogen-bond acceptors (Lipinski definition) is 5. The molecular weight excluding hydrogens is 449 g/mol. The smallest absolute Gasteiger partial charge is 0.425 e. The number of halogens is 3. The van der Waals surface area contributed by atoms with Crippen LogP contribution in [0.1, 0.15) is 34.1 Å². The first-order valence-electron chi connectivity index (χ1n) is 10.5. The molecule has 0 bridgehead atoms. The molecule has 2 aromatic carbocycles. The second-order valence-corrected chi connectivity index (χ2v) is 7.79. The molecule has 10 heteroatoms. The molecule has 3 aromatic rings. The number of aromatic nitrogens is 2. The number of carbonyl (C=O) groups excluding carboxylic acids is 1. The summed E-state index contributed by atoms with van der Waals surface area (Å²) in [5.41, 5.74) is 2.34. The molecule has 0 spiro atoms. The van der Waals surface area contributed by atoms with Gasteiger partial charge in [0.05, 0.1) is 24.1 Å². The maximum absolute atomic E-state index is 13.5. The normalized spacial score (nSPS) is 14.2. The van der Waals surface area contributed by atoms with Crippen LogP contribution in [0, 0.1) is 11.3 Å². The summed E-state index contributed by atoms with van der Waals surface area (Å²) in [6.45, 7) is 1.35. The van der Waals surface area contributed by atoms with Gasteiger partial charge >= 0.3 is 6.18 Å². The van der Waals surface area contributed by atoms with E-state index in [-0.39, 0.29) is 29.2 Å². The highest BCUT2D eigenvalue weighted by Crippen LogP contribution is 2.36. The van der Waals surface area contributed by atoms with Crippen molar-refractivity contribution >= 4 is 5.91 Å². The number of para-hydroxylation sites is 1. The third-order valence-electron chi connectivity index (χ3n) is 5.59. The number of nitriles is 1. The molecule has 1 aliphatic rings. The van der Waals surface area contributed by atoms with Crippen LogP contribution >= 0.6 is 0 Å². The Morgan fingerprint density at radius 2 is 1.94 bits per heavy atom. The van der Waals surface area contributed by atoms with E-state index in [0.29, 0.717) is 13.0 Å². The molecule has 0 saturated heterocycles. The van der Waals surface area contributed by atoms with Crippen LogP contribution in [-0.4, -0.2) is 46.5 Å². The van der Waals surface area contributed by atoms with Gasteiger partial charge < -0.3 is 14.4 Å². The predicted octanol–water partition coefficient (Wildman–Crippen LogP) is 4.28. The Bertz CT molecular complexity index is 1250. The quantitative estimate of drug-likeness (QED) is 0.556. The third kappa shape index (κ3) is 4.41. The lowest BCUT2D eigenvalue weighted by Crippen LogP contribution is -2.37. The number of ether oxygens (including phenoxy) is 2. The number of benzene rings is 2. The average Bonchev–Trinajstić information content (AvgIpc) is 3.26. The van der Waals surface area contributed by atoms with Gasteiger partial charge in [-0.3, -0.25) is 4.79 Å². The zero-order valence-corrected chi connectivity index (χ0v) is 18.5. The van der Waals surface area contributed by atoms with E-state index >= 15 is 0 Å². The lowest BCUT2D eigenvalue weighted by molar-refractivity contribution is -0.189. The molecule has 34 heavy (non-hydrogen) atoms. The zero-order chi connectivity index (χ0) is 24.5. The number of fused-ring (bicyclic) bond motifs is 1. The second-order valence-electron chi connectivity index (χ2n) is 7.79. The summed E-state index contributed by atoms with van der Waals surface area (Å²) in [4.78, 5) is 15.0. The monoisotopic (exact) mass is 470 g/mol. The van der Waals surface area contributed by atoms with Crippen LogP contribution in [0.25, 0.3) is 5.69 Å². The van der Waals surface area contributed by atoms with Gasteiger partial charge in [-0.25, -0.2) is 4.68 Å². The molecule has 1 aromatic heterocycles. The van der Waals surface area contributed by atoms with Gasteiger partial charge in [0.25, 0.3) is 5.91 Å². The number of hydrogen-bond donors (Lipinski definition) is 0. The van der Waals surface area contributed by atoms with E-state index < -0.39 is 18.2 Å². The van der Waals surface area contributed by atoms with E-state index in [1.54, 1.807) is 4.68 Å². The first-order valence-corrected chi connectivity index (χ1v) is 10.5. The SMILES string of the molecule is COc1c(C#N)ccc(OC(C)C(F)(F)F)c1C(=O)N1CCc2nn(-c3ccccc3)cc2C1. The van der Waals surface area contributed by atoms with Gasteiger partial charge in [0.2, 0.25) is 0 Å². The van der Waals surface area contributed by atoms with Gasteiger partial charge in [-0.15, -0.1) is 0 Å². The van der Waals surface area contributed by atoms with Crippen LogP contribution in [0.5, 0.6) is 11.5 Å². The number of rotatable bonds is 5. The first-order chi connectivity index (χ1) is 16.2. The molecule has 0 N–H and O–H groups in total. The minimum atomic E-state index is -4.63. The summed E-state index contributed by atoms with van der Waals surface area (Å²) in [5.74, 6) is -1.00. The highest BCUT2D eigenvalue weighted by Gasteiger charge is 2.39. The molecule has 0 aliphatic carbocycles. The van der Waals surface area contributed by atoms with E-state index in [1.807, 2.05) is 42.6 Å². The fourth-order valence-electron chi connectivity index (χ4n) is 3.78. The van der Waals surface area contributed by atoms with Gasteiger partial charge in [-0.05, 0) is 31.2 Å². The van der Waals surface area contributed by atoms with Crippen LogP contribution < -0.4 is 9.47 Å². The van der Waals surface area contributed by atoms with Crippen molar-refractivity contribution in [1.29, 1.82) is 5.26 Å².